The Morgan fingerprint density at radius 2 is 2.00 bits per heavy atom. The van der Waals surface area contributed by atoms with E-state index in [0.29, 0.717) is 12.2 Å². The second-order valence-corrected chi connectivity index (χ2v) is 4.97. The lowest BCUT2D eigenvalue weighted by atomic mass is 10.2. The molecule has 2 rings (SSSR count). The summed E-state index contributed by atoms with van der Waals surface area (Å²) in [4.78, 5) is 0. The van der Waals surface area contributed by atoms with E-state index in [1.807, 2.05) is 6.07 Å². The smallest absolute Gasteiger partial charge is 0.381 e. The predicted molar refractivity (Wildman–Crippen MR) is 73.9 cm³/mol. The molecule has 1 N–H and O–H groups in total. The SMILES string of the molecule is Cn1cc(CNc2cc(Cl)cc(C(F)(F)F)c2)cc1C#N. The van der Waals surface area contributed by atoms with Crippen molar-refractivity contribution in [2.24, 2.45) is 7.05 Å². The molecule has 0 atom stereocenters. The number of nitrogens with zero attached hydrogens (tertiary/aromatic N) is 2. The standard InChI is InChI=1S/C14H11ClF3N3/c1-21-8-9(2-13(21)6-19)7-20-12-4-10(14(16,17)18)3-11(15)5-12/h2-5,8,20H,7H2,1H3. The Labute approximate surface area is 124 Å². The molecule has 1 heterocycles. The summed E-state index contributed by atoms with van der Waals surface area (Å²) in [5, 5.41) is 11.7. The number of nitrogens with one attached hydrogen (secondary N) is 1. The van der Waals surface area contributed by atoms with Gasteiger partial charge < -0.3 is 9.88 Å². The monoisotopic (exact) mass is 313 g/mol. The molecule has 0 aliphatic heterocycles. The van der Waals surface area contributed by atoms with Gasteiger partial charge in [0, 0.05) is 30.5 Å². The van der Waals surface area contributed by atoms with Gasteiger partial charge in [-0.3, -0.25) is 0 Å². The van der Waals surface area contributed by atoms with Crippen molar-refractivity contribution in [3.8, 4) is 6.07 Å². The summed E-state index contributed by atoms with van der Waals surface area (Å²) < 4.78 is 39.7. The van der Waals surface area contributed by atoms with Gasteiger partial charge in [-0.1, -0.05) is 11.6 Å². The molecule has 0 fully saturated rings. The molecule has 3 nitrogen and oxygen atoms in total. The van der Waals surface area contributed by atoms with Crippen LogP contribution >= 0.6 is 11.6 Å². The highest BCUT2D eigenvalue weighted by molar-refractivity contribution is 6.30. The third-order valence-electron chi connectivity index (χ3n) is 2.90. The van der Waals surface area contributed by atoms with Crippen LogP contribution in [-0.4, -0.2) is 4.57 Å². The molecule has 0 amide bonds. The summed E-state index contributed by atoms with van der Waals surface area (Å²) in [5.41, 5.74) is 0.747. The van der Waals surface area contributed by atoms with E-state index >= 15 is 0 Å². The summed E-state index contributed by atoms with van der Waals surface area (Å²) in [6, 6.07) is 6.99. The number of nitriles is 1. The quantitative estimate of drug-likeness (QED) is 0.923. The summed E-state index contributed by atoms with van der Waals surface area (Å²) in [7, 11) is 1.73. The largest absolute Gasteiger partial charge is 0.416 e. The zero-order valence-corrected chi connectivity index (χ0v) is 11.8. The van der Waals surface area contributed by atoms with Crippen molar-refractivity contribution in [2.75, 3.05) is 5.32 Å². The van der Waals surface area contributed by atoms with Crippen molar-refractivity contribution in [3.63, 3.8) is 0 Å². The molecule has 0 bridgehead atoms. The Morgan fingerprint density at radius 3 is 2.57 bits per heavy atom. The highest BCUT2D eigenvalue weighted by Gasteiger charge is 2.31. The van der Waals surface area contributed by atoms with Crippen molar-refractivity contribution < 1.29 is 13.2 Å². The lowest BCUT2D eigenvalue weighted by molar-refractivity contribution is -0.137. The molecule has 1 aromatic heterocycles. The van der Waals surface area contributed by atoms with Crippen molar-refractivity contribution >= 4 is 17.3 Å². The van der Waals surface area contributed by atoms with E-state index < -0.39 is 11.7 Å². The maximum absolute atomic E-state index is 12.7. The first kappa shape index (κ1) is 15.3. The van der Waals surface area contributed by atoms with Gasteiger partial charge in [-0.25, -0.2) is 0 Å². The number of alkyl halides is 3. The molecule has 0 unspecified atom stereocenters. The number of benzene rings is 1. The van der Waals surface area contributed by atoms with E-state index in [1.165, 1.54) is 6.07 Å². The highest BCUT2D eigenvalue weighted by Crippen LogP contribution is 2.33. The highest BCUT2D eigenvalue weighted by atomic mass is 35.5. The van der Waals surface area contributed by atoms with Crippen LogP contribution in [0.4, 0.5) is 18.9 Å². The number of halogens is 4. The zero-order chi connectivity index (χ0) is 15.6. The molecule has 0 radical (unpaired) electrons. The molecule has 0 saturated carbocycles. The first-order chi connectivity index (χ1) is 9.79. The number of hydrogen-bond donors (Lipinski definition) is 1. The Bertz CT molecular complexity index is 698. The van der Waals surface area contributed by atoms with Crippen molar-refractivity contribution in [2.45, 2.75) is 12.7 Å². The maximum atomic E-state index is 12.7. The molecule has 1 aromatic carbocycles. The molecule has 7 heteroatoms. The van der Waals surface area contributed by atoms with E-state index in [2.05, 4.69) is 5.32 Å². The summed E-state index contributed by atoms with van der Waals surface area (Å²) in [6.45, 7) is 0.299. The molecule has 2 aromatic rings. The molecule has 21 heavy (non-hydrogen) atoms. The van der Waals surface area contributed by atoms with Crippen LogP contribution in [0.25, 0.3) is 0 Å². The third kappa shape index (κ3) is 3.70. The predicted octanol–water partition coefficient (Wildman–Crippen LogP) is 4.18. The second kappa shape index (κ2) is 5.70. The van der Waals surface area contributed by atoms with Crippen LogP contribution in [-0.2, 0) is 19.8 Å². The first-order valence-corrected chi connectivity index (χ1v) is 6.34. The minimum absolute atomic E-state index is 0.0121. The van der Waals surface area contributed by atoms with Gasteiger partial charge >= 0.3 is 6.18 Å². The fraction of sp³-hybridized carbons (Fsp3) is 0.214. The number of rotatable bonds is 3. The average molecular weight is 314 g/mol. The Balaban J connectivity index is 2.16. The average Bonchev–Trinajstić information content (AvgIpc) is 2.75. The number of aromatic nitrogens is 1. The van der Waals surface area contributed by atoms with Crippen LogP contribution in [0.15, 0.2) is 30.5 Å². The fourth-order valence-electron chi connectivity index (χ4n) is 1.90. The van der Waals surface area contributed by atoms with Crippen LogP contribution in [0.2, 0.25) is 5.02 Å². The molecule has 0 aliphatic rings. The van der Waals surface area contributed by atoms with Crippen molar-refractivity contribution in [1.82, 2.24) is 4.57 Å². The van der Waals surface area contributed by atoms with Gasteiger partial charge in [0.15, 0.2) is 0 Å². The van der Waals surface area contributed by atoms with E-state index in [4.69, 9.17) is 16.9 Å². The van der Waals surface area contributed by atoms with Gasteiger partial charge in [0.1, 0.15) is 11.8 Å². The molecule has 0 saturated heterocycles. The third-order valence-corrected chi connectivity index (χ3v) is 3.12. The van der Waals surface area contributed by atoms with Gasteiger partial charge in [0.25, 0.3) is 0 Å². The van der Waals surface area contributed by atoms with E-state index in [9.17, 15) is 13.2 Å². The fourth-order valence-corrected chi connectivity index (χ4v) is 2.14. The summed E-state index contributed by atoms with van der Waals surface area (Å²) in [5.74, 6) is 0. The van der Waals surface area contributed by atoms with Gasteiger partial charge in [0.2, 0.25) is 0 Å². The van der Waals surface area contributed by atoms with Crippen molar-refractivity contribution in [1.29, 1.82) is 5.26 Å². The lowest BCUT2D eigenvalue weighted by Gasteiger charge is -2.11. The molecular formula is C14H11ClF3N3. The van der Waals surface area contributed by atoms with Crippen LogP contribution in [0.5, 0.6) is 0 Å². The second-order valence-electron chi connectivity index (χ2n) is 4.54. The van der Waals surface area contributed by atoms with Crippen LogP contribution in [0, 0.1) is 11.3 Å². The number of aryl methyl sites for hydroxylation is 1. The summed E-state index contributed by atoms with van der Waals surface area (Å²) in [6.07, 6.45) is -2.71. The first-order valence-electron chi connectivity index (χ1n) is 5.96. The maximum Gasteiger partial charge on any atom is 0.416 e. The van der Waals surface area contributed by atoms with Gasteiger partial charge in [-0.05, 0) is 29.8 Å². The van der Waals surface area contributed by atoms with Gasteiger partial charge in [-0.2, -0.15) is 18.4 Å². The molecule has 0 spiro atoms. The van der Waals surface area contributed by atoms with Gasteiger partial charge in [-0.15, -0.1) is 0 Å². The minimum atomic E-state index is -4.44. The van der Waals surface area contributed by atoms with E-state index in [-0.39, 0.29) is 10.7 Å². The topological polar surface area (TPSA) is 40.8 Å². The summed E-state index contributed by atoms with van der Waals surface area (Å²) >= 11 is 5.70. The lowest BCUT2D eigenvalue weighted by Crippen LogP contribution is -2.06. The zero-order valence-electron chi connectivity index (χ0n) is 11.0. The molecule has 0 aliphatic carbocycles. The van der Waals surface area contributed by atoms with E-state index in [0.717, 1.165) is 17.7 Å². The van der Waals surface area contributed by atoms with Crippen molar-refractivity contribution in [3.05, 3.63) is 52.3 Å². The Hall–Kier alpha value is -2.13. The van der Waals surface area contributed by atoms with Crippen LogP contribution in [0.1, 0.15) is 16.8 Å². The number of hydrogen-bond acceptors (Lipinski definition) is 2. The Kier molecular flexibility index (Phi) is 4.14. The molecule has 110 valence electrons. The molecular weight excluding hydrogens is 303 g/mol. The van der Waals surface area contributed by atoms with Crippen LogP contribution < -0.4 is 5.32 Å². The van der Waals surface area contributed by atoms with E-state index in [1.54, 1.807) is 23.9 Å². The Morgan fingerprint density at radius 1 is 1.29 bits per heavy atom. The van der Waals surface area contributed by atoms with Crippen LogP contribution in [0.3, 0.4) is 0 Å². The normalized spacial score (nSPS) is 11.2. The number of anilines is 1. The minimum Gasteiger partial charge on any atom is -0.381 e. The van der Waals surface area contributed by atoms with Gasteiger partial charge in [0.05, 0.1) is 5.56 Å².